The van der Waals surface area contributed by atoms with Crippen LogP contribution in [0.3, 0.4) is 0 Å². The van der Waals surface area contributed by atoms with Crippen LogP contribution in [0.1, 0.15) is 5.69 Å². The zero-order valence-corrected chi connectivity index (χ0v) is 10.7. The van der Waals surface area contributed by atoms with Crippen LogP contribution >= 0.6 is 11.6 Å². The number of carbonyl (C=O) groups is 1. The van der Waals surface area contributed by atoms with Crippen molar-refractivity contribution >= 4 is 23.2 Å². The molecule has 0 aliphatic rings. The van der Waals surface area contributed by atoms with E-state index in [2.05, 4.69) is 10.3 Å². The van der Waals surface area contributed by atoms with Gasteiger partial charge < -0.3 is 11.1 Å². The summed E-state index contributed by atoms with van der Waals surface area (Å²) < 4.78 is 36.4. The van der Waals surface area contributed by atoms with Crippen LogP contribution in [0.4, 0.5) is 13.2 Å². The number of pyridine rings is 1. The summed E-state index contributed by atoms with van der Waals surface area (Å²) in [6.45, 7) is -0.110. The molecule has 1 aromatic rings. The van der Waals surface area contributed by atoms with Crippen molar-refractivity contribution in [3.05, 3.63) is 40.8 Å². The first-order valence-corrected chi connectivity index (χ1v) is 5.60. The lowest BCUT2D eigenvalue weighted by Crippen LogP contribution is -2.31. The Balaban J connectivity index is 2.64. The summed E-state index contributed by atoms with van der Waals surface area (Å²) in [7, 11) is 0. The van der Waals surface area contributed by atoms with Crippen LogP contribution in [-0.2, 0) is 11.3 Å². The monoisotopic (exact) mass is 306 g/mol. The van der Waals surface area contributed by atoms with E-state index < -0.39 is 23.5 Å². The molecule has 1 aromatic heterocycles. The highest BCUT2D eigenvalue weighted by atomic mass is 35.5. The van der Waals surface area contributed by atoms with Crippen LogP contribution in [0.5, 0.6) is 0 Å². The molecule has 0 bridgehead atoms. The van der Waals surface area contributed by atoms with Gasteiger partial charge in [-0.15, -0.1) is 0 Å². The average Bonchev–Trinajstić information content (AvgIpc) is 2.36. The number of amides is 1. The fourth-order valence-electron chi connectivity index (χ4n) is 1.11. The molecule has 0 saturated carbocycles. The molecule has 20 heavy (non-hydrogen) atoms. The Labute approximate surface area is 117 Å². The lowest BCUT2D eigenvalue weighted by Gasteiger charge is -2.07. The van der Waals surface area contributed by atoms with Crippen molar-refractivity contribution < 1.29 is 18.0 Å². The van der Waals surface area contributed by atoms with E-state index >= 15 is 0 Å². The summed E-state index contributed by atoms with van der Waals surface area (Å²) in [4.78, 5) is 15.3. The molecule has 0 spiro atoms. The summed E-state index contributed by atoms with van der Waals surface area (Å²) in [6, 6.07) is 3.13. The van der Waals surface area contributed by atoms with Gasteiger partial charge in [-0.2, -0.15) is 13.2 Å². The Morgan fingerprint density at radius 1 is 1.55 bits per heavy atom. The largest absolute Gasteiger partial charge is 0.430 e. The second-order valence-corrected chi connectivity index (χ2v) is 4.03. The van der Waals surface area contributed by atoms with Crippen molar-refractivity contribution in [1.82, 2.24) is 10.3 Å². The first-order valence-electron chi connectivity index (χ1n) is 5.22. The molecule has 0 aliphatic heterocycles. The van der Waals surface area contributed by atoms with Gasteiger partial charge in [0, 0.05) is 6.20 Å². The third-order valence-electron chi connectivity index (χ3n) is 2.12. The van der Waals surface area contributed by atoms with Crippen molar-refractivity contribution in [3.63, 3.8) is 0 Å². The molecule has 0 atom stereocenters. The van der Waals surface area contributed by atoms with Crippen molar-refractivity contribution in [2.24, 2.45) is 5.73 Å². The molecule has 0 aromatic carbocycles. The Morgan fingerprint density at radius 2 is 2.20 bits per heavy atom. The first kappa shape index (κ1) is 16.0. The molecule has 0 radical (unpaired) electrons. The van der Waals surface area contributed by atoms with E-state index in [0.717, 1.165) is 0 Å². The van der Waals surface area contributed by atoms with Gasteiger partial charge in [0.2, 0.25) is 0 Å². The van der Waals surface area contributed by atoms with Gasteiger partial charge in [-0.3, -0.25) is 15.2 Å². The standard InChI is InChI=1S/C11H10ClF3N4O/c12-6-2-1-3-18-8(6)5-19-10(20)7(16)4-9(17)11(13,14)15/h1-4,16H,5,17H2,(H,19,20). The number of hydrogen-bond acceptors (Lipinski definition) is 4. The topological polar surface area (TPSA) is 91.9 Å². The van der Waals surface area contributed by atoms with Gasteiger partial charge in [0.05, 0.1) is 17.3 Å². The number of hydrogen-bond donors (Lipinski definition) is 3. The first-order chi connectivity index (χ1) is 9.21. The summed E-state index contributed by atoms with van der Waals surface area (Å²) in [5.41, 5.74) is 2.61. The van der Waals surface area contributed by atoms with Crippen LogP contribution in [0.15, 0.2) is 30.1 Å². The molecule has 9 heteroatoms. The Kier molecular flexibility index (Phi) is 5.09. The van der Waals surface area contributed by atoms with Gasteiger partial charge in [0.15, 0.2) is 0 Å². The minimum atomic E-state index is -4.78. The normalized spacial score (nSPS) is 12.1. The van der Waals surface area contributed by atoms with Crippen LogP contribution < -0.4 is 11.1 Å². The molecule has 0 unspecified atom stereocenters. The highest BCUT2D eigenvalue weighted by Crippen LogP contribution is 2.21. The molecular weight excluding hydrogens is 297 g/mol. The summed E-state index contributed by atoms with van der Waals surface area (Å²) in [6.07, 6.45) is -3.09. The summed E-state index contributed by atoms with van der Waals surface area (Å²) in [5.74, 6) is -1.01. The quantitative estimate of drug-likeness (QED) is 0.740. The molecule has 0 saturated heterocycles. The molecule has 5 nitrogen and oxygen atoms in total. The van der Waals surface area contributed by atoms with E-state index in [1.54, 1.807) is 12.1 Å². The van der Waals surface area contributed by atoms with Crippen molar-refractivity contribution in [2.75, 3.05) is 0 Å². The molecule has 1 heterocycles. The lowest BCUT2D eigenvalue weighted by atomic mass is 10.2. The van der Waals surface area contributed by atoms with E-state index in [4.69, 9.17) is 22.7 Å². The highest BCUT2D eigenvalue weighted by Gasteiger charge is 2.32. The van der Waals surface area contributed by atoms with Gasteiger partial charge in [-0.25, -0.2) is 0 Å². The second kappa shape index (κ2) is 6.38. The maximum atomic E-state index is 12.1. The fraction of sp³-hybridized carbons (Fsp3) is 0.182. The number of alkyl halides is 3. The lowest BCUT2D eigenvalue weighted by molar-refractivity contribution is -0.114. The van der Waals surface area contributed by atoms with Crippen molar-refractivity contribution in [1.29, 1.82) is 5.41 Å². The maximum Gasteiger partial charge on any atom is 0.430 e. The Morgan fingerprint density at radius 3 is 2.75 bits per heavy atom. The van der Waals surface area contributed by atoms with E-state index in [-0.39, 0.29) is 12.6 Å². The minimum absolute atomic E-state index is 0.110. The number of carbonyl (C=O) groups excluding carboxylic acids is 1. The summed E-state index contributed by atoms with van der Waals surface area (Å²) in [5, 5.41) is 9.72. The molecule has 1 rings (SSSR count). The van der Waals surface area contributed by atoms with Gasteiger partial charge in [0.1, 0.15) is 11.4 Å². The zero-order valence-electron chi connectivity index (χ0n) is 9.96. The van der Waals surface area contributed by atoms with Gasteiger partial charge in [0.25, 0.3) is 5.91 Å². The Bertz CT molecular complexity index is 557. The zero-order chi connectivity index (χ0) is 15.3. The fourth-order valence-corrected chi connectivity index (χ4v) is 1.30. The molecule has 1 amide bonds. The third kappa shape index (κ3) is 4.54. The molecular formula is C11H10ClF3N4O. The van der Waals surface area contributed by atoms with Gasteiger partial charge in [-0.1, -0.05) is 11.6 Å². The van der Waals surface area contributed by atoms with Crippen molar-refractivity contribution in [2.45, 2.75) is 12.7 Å². The molecule has 0 aliphatic carbocycles. The third-order valence-corrected chi connectivity index (χ3v) is 2.47. The van der Waals surface area contributed by atoms with Gasteiger partial charge in [-0.05, 0) is 18.2 Å². The van der Waals surface area contributed by atoms with E-state index in [1.807, 2.05) is 0 Å². The number of aromatic nitrogens is 1. The van der Waals surface area contributed by atoms with E-state index in [1.165, 1.54) is 6.20 Å². The average molecular weight is 307 g/mol. The summed E-state index contributed by atoms with van der Waals surface area (Å²) >= 11 is 5.78. The van der Waals surface area contributed by atoms with Gasteiger partial charge >= 0.3 is 6.18 Å². The Hall–Kier alpha value is -2.09. The number of rotatable bonds is 4. The number of allylic oxidation sites excluding steroid dienone is 1. The van der Waals surface area contributed by atoms with Crippen LogP contribution in [-0.4, -0.2) is 22.8 Å². The molecule has 108 valence electrons. The van der Waals surface area contributed by atoms with Crippen LogP contribution in [0.2, 0.25) is 5.02 Å². The second-order valence-electron chi connectivity index (χ2n) is 3.63. The SMILES string of the molecule is N=C(C=C(N)C(F)(F)F)C(=O)NCc1ncccc1Cl. The number of nitrogens with one attached hydrogen (secondary N) is 2. The maximum absolute atomic E-state index is 12.1. The van der Waals surface area contributed by atoms with E-state index in [9.17, 15) is 18.0 Å². The molecule has 4 N–H and O–H groups in total. The number of nitrogens with zero attached hydrogens (tertiary/aromatic N) is 1. The number of nitrogens with two attached hydrogens (primary N) is 1. The van der Waals surface area contributed by atoms with Crippen LogP contribution in [0.25, 0.3) is 0 Å². The van der Waals surface area contributed by atoms with E-state index in [0.29, 0.717) is 10.7 Å². The van der Waals surface area contributed by atoms with Crippen LogP contribution in [0, 0.1) is 5.41 Å². The highest BCUT2D eigenvalue weighted by molar-refractivity contribution is 6.42. The molecule has 0 fully saturated rings. The van der Waals surface area contributed by atoms with Crippen molar-refractivity contribution in [3.8, 4) is 0 Å². The smallest absolute Gasteiger partial charge is 0.395 e. The predicted molar refractivity (Wildman–Crippen MR) is 67.1 cm³/mol. The minimum Gasteiger partial charge on any atom is -0.395 e. The number of halogens is 4. The predicted octanol–water partition coefficient (Wildman–Crippen LogP) is 1.78.